The number of urea groups is 1. The van der Waals surface area contributed by atoms with Crippen LogP contribution in [-0.2, 0) is 0 Å². The zero-order valence-electron chi connectivity index (χ0n) is 14.1. The third kappa shape index (κ3) is 3.62. The topological polar surface area (TPSA) is 68.6 Å². The average molecular weight is 328 g/mol. The molecule has 6 nitrogen and oxygen atoms in total. The third-order valence-electron chi connectivity index (χ3n) is 4.76. The summed E-state index contributed by atoms with van der Waals surface area (Å²) in [7, 11) is 0. The first-order chi connectivity index (χ1) is 11.7. The molecule has 1 aromatic rings. The van der Waals surface area contributed by atoms with Gasteiger partial charge in [0.05, 0.1) is 23.9 Å². The van der Waals surface area contributed by atoms with Gasteiger partial charge in [-0.15, -0.1) is 0 Å². The molecule has 2 heterocycles. The number of anilines is 1. The Morgan fingerprint density at radius 2 is 2.17 bits per heavy atom. The van der Waals surface area contributed by atoms with Crippen LogP contribution in [0.15, 0.2) is 18.2 Å². The maximum absolute atomic E-state index is 12.6. The van der Waals surface area contributed by atoms with Gasteiger partial charge in [-0.05, 0) is 57.5 Å². The van der Waals surface area contributed by atoms with Crippen LogP contribution in [0.1, 0.15) is 31.7 Å². The normalized spacial score (nSPS) is 20.8. The van der Waals surface area contributed by atoms with Crippen molar-refractivity contribution >= 4 is 11.7 Å². The predicted octanol–water partition coefficient (Wildman–Crippen LogP) is 2.66. The Hall–Kier alpha value is -2.26. The number of nitrogens with one attached hydrogen (secondary N) is 1. The Balaban J connectivity index is 1.65. The Labute approximate surface area is 143 Å². The van der Waals surface area contributed by atoms with Crippen molar-refractivity contribution in [3.05, 3.63) is 23.8 Å². The van der Waals surface area contributed by atoms with Crippen molar-refractivity contribution in [1.29, 1.82) is 5.26 Å². The highest BCUT2D eigenvalue weighted by Crippen LogP contribution is 2.27. The molecule has 0 saturated carbocycles. The van der Waals surface area contributed by atoms with E-state index in [1.54, 1.807) is 18.2 Å². The van der Waals surface area contributed by atoms with Gasteiger partial charge >= 0.3 is 6.03 Å². The van der Waals surface area contributed by atoms with E-state index >= 15 is 0 Å². The summed E-state index contributed by atoms with van der Waals surface area (Å²) in [5, 5.41) is 12.0. The van der Waals surface area contributed by atoms with Crippen LogP contribution in [0, 0.1) is 11.3 Å². The first kappa shape index (κ1) is 16.6. The molecule has 0 aromatic heterocycles. The van der Waals surface area contributed by atoms with Crippen LogP contribution in [0.5, 0.6) is 5.75 Å². The number of ether oxygens (including phenoxy) is 1. The van der Waals surface area contributed by atoms with Crippen LogP contribution < -0.4 is 10.1 Å². The number of carbonyl (C=O) groups excluding carboxylic acids is 1. The molecule has 2 fully saturated rings. The second kappa shape index (κ2) is 7.54. The lowest BCUT2D eigenvalue weighted by molar-refractivity contribution is 0.210. The Bertz CT molecular complexity index is 634. The molecule has 3 rings (SSSR count). The van der Waals surface area contributed by atoms with Crippen molar-refractivity contribution in [3.63, 3.8) is 0 Å². The van der Waals surface area contributed by atoms with Crippen LogP contribution >= 0.6 is 0 Å². The van der Waals surface area contributed by atoms with Crippen LogP contribution in [0.4, 0.5) is 10.5 Å². The molecule has 0 aliphatic carbocycles. The highest BCUT2D eigenvalue weighted by molar-refractivity contribution is 5.91. The minimum Gasteiger partial charge on any atom is -0.492 e. The standard InChI is InChI=1S/C18H24N4O2/c1-2-24-17-6-5-14(12-19)11-16(17)20-18(23)22-10-7-15(13-22)21-8-3-4-9-21/h5-6,11,15H,2-4,7-10,13H2,1H3,(H,20,23)/t15-/m0/s1. The highest BCUT2D eigenvalue weighted by atomic mass is 16.5. The first-order valence-electron chi connectivity index (χ1n) is 8.68. The fraction of sp³-hybridized carbons (Fsp3) is 0.556. The van der Waals surface area contributed by atoms with Crippen LogP contribution in [0.3, 0.4) is 0 Å². The summed E-state index contributed by atoms with van der Waals surface area (Å²) < 4.78 is 5.55. The van der Waals surface area contributed by atoms with Crippen molar-refractivity contribution in [1.82, 2.24) is 9.80 Å². The zero-order chi connectivity index (χ0) is 16.9. The molecule has 1 aromatic carbocycles. The van der Waals surface area contributed by atoms with Gasteiger partial charge in [0, 0.05) is 19.1 Å². The van der Waals surface area contributed by atoms with E-state index in [1.165, 1.54) is 12.8 Å². The van der Waals surface area contributed by atoms with Crippen molar-refractivity contribution in [3.8, 4) is 11.8 Å². The molecule has 2 aliphatic heterocycles. The molecule has 24 heavy (non-hydrogen) atoms. The van der Waals surface area contributed by atoms with Gasteiger partial charge in [-0.25, -0.2) is 4.79 Å². The van der Waals surface area contributed by atoms with E-state index in [2.05, 4.69) is 16.3 Å². The zero-order valence-corrected chi connectivity index (χ0v) is 14.1. The van der Waals surface area contributed by atoms with Crippen molar-refractivity contribution in [2.75, 3.05) is 38.1 Å². The maximum atomic E-state index is 12.6. The van der Waals surface area contributed by atoms with E-state index in [4.69, 9.17) is 10.00 Å². The fourth-order valence-corrected chi connectivity index (χ4v) is 3.50. The summed E-state index contributed by atoms with van der Waals surface area (Å²) in [4.78, 5) is 16.9. The van der Waals surface area contributed by atoms with E-state index in [1.807, 2.05) is 11.8 Å². The lowest BCUT2D eigenvalue weighted by Gasteiger charge is -2.24. The number of benzene rings is 1. The summed E-state index contributed by atoms with van der Waals surface area (Å²) in [5.74, 6) is 0.597. The molecule has 0 radical (unpaired) electrons. The van der Waals surface area contributed by atoms with Gasteiger partial charge in [-0.1, -0.05) is 0 Å². The monoisotopic (exact) mass is 328 g/mol. The van der Waals surface area contributed by atoms with Crippen LogP contribution in [0.25, 0.3) is 0 Å². The highest BCUT2D eigenvalue weighted by Gasteiger charge is 2.31. The van der Waals surface area contributed by atoms with E-state index in [9.17, 15) is 4.79 Å². The summed E-state index contributed by atoms with van der Waals surface area (Å²) in [6.07, 6.45) is 3.56. The number of amides is 2. The van der Waals surface area contributed by atoms with Gasteiger partial charge in [0.2, 0.25) is 0 Å². The number of rotatable bonds is 4. The van der Waals surface area contributed by atoms with Crippen molar-refractivity contribution < 1.29 is 9.53 Å². The molecule has 0 bridgehead atoms. The summed E-state index contributed by atoms with van der Waals surface area (Å²) in [5.41, 5.74) is 1.07. The fourth-order valence-electron chi connectivity index (χ4n) is 3.50. The molecule has 1 atom stereocenters. The van der Waals surface area contributed by atoms with E-state index in [0.717, 1.165) is 32.6 Å². The van der Waals surface area contributed by atoms with Gasteiger partial charge in [-0.3, -0.25) is 4.90 Å². The summed E-state index contributed by atoms with van der Waals surface area (Å²) >= 11 is 0. The van der Waals surface area contributed by atoms with Gasteiger partial charge < -0.3 is 15.0 Å². The van der Waals surface area contributed by atoms with Gasteiger partial charge in [-0.2, -0.15) is 5.26 Å². The second-order valence-corrected chi connectivity index (χ2v) is 6.32. The second-order valence-electron chi connectivity index (χ2n) is 6.32. The number of nitrogens with zero attached hydrogens (tertiary/aromatic N) is 3. The molecule has 1 N–H and O–H groups in total. The minimum atomic E-state index is -0.118. The Morgan fingerprint density at radius 3 is 2.88 bits per heavy atom. The SMILES string of the molecule is CCOc1ccc(C#N)cc1NC(=O)N1CC[C@H](N2CCCC2)C1. The number of hydrogen-bond acceptors (Lipinski definition) is 4. The number of likely N-dealkylation sites (tertiary alicyclic amines) is 2. The van der Waals surface area contributed by atoms with Gasteiger partial charge in [0.25, 0.3) is 0 Å². The molecule has 2 aliphatic rings. The predicted molar refractivity (Wildman–Crippen MR) is 92.1 cm³/mol. The average Bonchev–Trinajstić information content (AvgIpc) is 3.27. The van der Waals surface area contributed by atoms with E-state index in [0.29, 0.717) is 29.6 Å². The maximum Gasteiger partial charge on any atom is 0.322 e. The first-order valence-corrected chi connectivity index (χ1v) is 8.68. The molecule has 0 spiro atoms. The smallest absolute Gasteiger partial charge is 0.322 e. The minimum absolute atomic E-state index is 0.118. The molecule has 2 saturated heterocycles. The van der Waals surface area contributed by atoms with E-state index in [-0.39, 0.29) is 6.03 Å². The Morgan fingerprint density at radius 1 is 1.38 bits per heavy atom. The number of nitriles is 1. The van der Waals surface area contributed by atoms with Gasteiger partial charge in [0.1, 0.15) is 5.75 Å². The molecule has 0 unspecified atom stereocenters. The molecular formula is C18H24N4O2. The van der Waals surface area contributed by atoms with Crippen molar-refractivity contribution in [2.24, 2.45) is 0 Å². The third-order valence-corrected chi connectivity index (χ3v) is 4.76. The number of hydrogen-bond donors (Lipinski definition) is 1. The number of carbonyl (C=O) groups is 1. The quantitative estimate of drug-likeness (QED) is 0.922. The molecular weight excluding hydrogens is 304 g/mol. The lowest BCUT2D eigenvalue weighted by atomic mass is 10.2. The van der Waals surface area contributed by atoms with Crippen LogP contribution in [-0.4, -0.2) is 54.7 Å². The molecule has 2 amide bonds. The summed E-state index contributed by atoms with van der Waals surface area (Å²) in [6, 6.07) is 7.55. The summed E-state index contributed by atoms with van der Waals surface area (Å²) in [6.45, 7) is 6.25. The van der Waals surface area contributed by atoms with Crippen molar-refractivity contribution in [2.45, 2.75) is 32.2 Å². The molecule has 6 heteroatoms. The van der Waals surface area contributed by atoms with Gasteiger partial charge in [0.15, 0.2) is 0 Å². The lowest BCUT2D eigenvalue weighted by Crippen LogP contribution is -2.38. The Kier molecular flexibility index (Phi) is 5.21. The molecule has 128 valence electrons. The van der Waals surface area contributed by atoms with E-state index < -0.39 is 0 Å². The largest absolute Gasteiger partial charge is 0.492 e. The van der Waals surface area contributed by atoms with Crippen LogP contribution in [0.2, 0.25) is 0 Å².